The van der Waals surface area contributed by atoms with E-state index in [1.807, 2.05) is 19.4 Å². The van der Waals surface area contributed by atoms with E-state index in [2.05, 4.69) is 15.5 Å². The third-order valence-corrected chi connectivity index (χ3v) is 7.77. The Morgan fingerprint density at radius 2 is 1.85 bits per heavy atom. The molecule has 26 heavy (non-hydrogen) atoms. The van der Waals surface area contributed by atoms with E-state index in [1.54, 1.807) is 5.38 Å². The van der Waals surface area contributed by atoms with Crippen molar-refractivity contribution in [3.05, 3.63) is 21.9 Å². The summed E-state index contributed by atoms with van der Waals surface area (Å²) in [5, 5.41) is 9.37. The first kappa shape index (κ1) is 19.3. The Bertz CT molecular complexity index is 782. The molecule has 2 atom stereocenters. The molecular formula is C17H25N3O4S2. The van der Waals surface area contributed by atoms with Gasteiger partial charge < -0.3 is 15.5 Å². The summed E-state index contributed by atoms with van der Waals surface area (Å²) in [6, 6.07) is -0.615. The monoisotopic (exact) mass is 399 g/mol. The molecule has 0 bridgehead atoms. The van der Waals surface area contributed by atoms with Crippen molar-refractivity contribution in [2.45, 2.75) is 31.8 Å². The van der Waals surface area contributed by atoms with Crippen LogP contribution < -0.4 is 10.6 Å². The highest BCUT2D eigenvalue weighted by molar-refractivity contribution is 7.91. The number of amides is 2. The first-order valence-corrected chi connectivity index (χ1v) is 11.5. The fourth-order valence-electron chi connectivity index (χ4n) is 3.55. The molecule has 1 aromatic rings. The zero-order valence-electron chi connectivity index (χ0n) is 15.0. The molecule has 0 spiro atoms. The van der Waals surface area contributed by atoms with E-state index in [9.17, 15) is 18.0 Å². The Kier molecular flexibility index (Phi) is 5.69. The molecule has 2 aliphatic rings. The van der Waals surface area contributed by atoms with Crippen molar-refractivity contribution in [2.75, 3.05) is 31.6 Å². The van der Waals surface area contributed by atoms with Crippen LogP contribution in [0.1, 0.15) is 28.8 Å². The fraction of sp³-hybridized carbons (Fsp3) is 0.647. The molecule has 144 valence electrons. The molecule has 2 amide bonds. The molecule has 0 unspecified atom stereocenters. The van der Waals surface area contributed by atoms with Crippen LogP contribution in [0.4, 0.5) is 0 Å². The molecule has 0 aliphatic carbocycles. The van der Waals surface area contributed by atoms with Crippen molar-refractivity contribution in [3.63, 3.8) is 0 Å². The molecular weight excluding hydrogens is 374 g/mol. The van der Waals surface area contributed by atoms with Crippen molar-refractivity contribution < 1.29 is 18.0 Å². The van der Waals surface area contributed by atoms with E-state index in [4.69, 9.17) is 0 Å². The smallest absolute Gasteiger partial charge is 0.252 e. The number of aryl methyl sites for hydroxylation is 1. The van der Waals surface area contributed by atoms with Crippen LogP contribution in [0, 0.1) is 12.8 Å². The van der Waals surface area contributed by atoms with Gasteiger partial charge in [0.2, 0.25) is 5.91 Å². The van der Waals surface area contributed by atoms with Gasteiger partial charge in [0.15, 0.2) is 9.84 Å². The number of hydrogen-bond donors (Lipinski definition) is 2. The van der Waals surface area contributed by atoms with Crippen LogP contribution in [0.25, 0.3) is 0 Å². The van der Waals surface area contributed by atoms with Gasteiger partial charge in [-0.1, -0.05) is 0 Å². The quantitative estimate of drug-likeness (QED) is 0.765. The average molecular weight is 400 g/mol. The summed E-state index contributed by atoms with van der Waals surface area (Å²) >= 11 is 1.42. The minimum atomic E-state index is -3.34. The summed E-state index contributed by atoms with van der Waals surface area (Å²) in [5.74, 6) is -1.72. The minimum absolute atomic E-state index is 0.0671. The van der Waals surface area contributed by atoms with Gasteiger partial charge in [0.1, 0.15) is 0 Å². The van der Waals surface area contributed by atoms with Crippen molar-refractivity contribution in [1.82, 2.24) is 15.5 Å². The van der Waals surface area contributed by atoms with E-state index < -0.39 is 21.8 Å². The maximum Gasteiger partial charge on any atom is 0.252 e. The van der Waals surface area contributed by atoms with Crippen molar-refractivity contribution in [1.29, 1.82) is 0 Å². The van der Waals surface area contributed by atoms with E-state index in [-0.39, 0.29) is 29.4 Å². The molecule has 0 aromatic carbocycles. The van der Waals surface area contributed by atoms with Gasteiger partial charge in [-0.25, -0.2) is 8.42 Å². The molecule has 2 N–H and O–H groups in total. The first-order valence-electron chi connectivity index (χ1n) is 8.78. The van der Waals surface area contributed by atoms with Gasteiger partial charge in [-0.2, -0.15) is 11.3 Å². The largest absolute Gasteiger partial charge is 0.353 e. The lowest BCUT2D eigenvalue weighted by molar-refractivity contribution is -0.125. The van der Waals surface area contributed by atoms with Gasteiger partial charge in [0.05, 0.1) is 29.0 Å². The molecule has 3 rings (SSSR count). The van der Waals surface area contributed by atoms with Gasteiger partial charge >= 0.3 is 0 Å². The van der Waals surface area contributed by atoms with Crippen LogP contribution in [-0.4, -0.2) is 68.9 Å². The van der Waals surface area contributed by atoms with Crippen molar-refractivity contribution in [3.8, 4) is 0 Å². The van der Waals surface area contributed by atoms with E-state index in [0.717, 1.165) is 31.5 Å². The van der Waals surface area contributed by atoms with E-state index >= 15 is 0 Å². The predicted molar refractivity (Wildman–Crippen MR) is 101 cm³/mol. The highest BCUT2D eigenvalue weighted by Crippen LogP contribution is 2.22. The summed E-state index contributed by atoms with van der Waals surface area (Å²) < 4.78 is 24.2. The topological polar surface area (TPSA) is 95.6 Å². The van der Waals surface area contributed by atoms with Crippen LogP contribution >= 0.6 is 11.3 Å². The van der Waals surface area contributed by atoms with Crippen LogP contribution in [0.5, 0.6) is 0 Å². The number of thiophene rings is 1. The Labute approximate surface area is 158 Å². The fourth-order valence-corrected chi connectivity index (χ4v) is 6.31. The average Bonchev–Trinajstić information content (AvgIpc) is 3.12. The van der Waals surface area contributed by atoms with E-state index in [0.29, 0.717) is 5.56 Å². The summed E-state index contributed by atoms with van der Waals surface area (Å²) in [7, 11) is -1.30. The molecule has 1 aromatic heterocycles. The van der Waals surface area contributed by atoms with Crippen LogP contribution in [-0.2, 0) is 14.6 Å². The first-order chi connectivity index (χ1) is 12.2. The lowest BCUT2D eigenvalue weighted by Gasteiger charge is -2.30. The Hall–Kier alpha value is -1.45. The van der Waals surface area contributed by atoms with Gasteiger partial charge in [0, 0.05) is 11.4 Å². The number of carbonyl (C=O) groups is 2. The molecule has 0 radical (unpaired) electrons. The summed E-state index contributed by atoms with van der Waals surface area (Å²) in [6.07, 6.45) is 1.71. The number of nitrogens with zero attached hydrogens (tertiary/aromatic N) is 1. The summed E-state index contributed by atoms with van der Waals surface area (Å²) in [5.41, 5.74) is 1.38. The number of piperidine rings is 1. The third-order valence-electron chi connectivity index (χ3n) is 5.17. The number of sulfone groups is 1. The van der Waals surface area contributed by atoms with Gasteiger partial charge in [-0.15, -0.1) is 0 Å². The van der Waals surface area contributed by atoms with Crippen molar-refractivity contribution in [2.24, 2.45) is 5.92 Å². The minimum Gasteiger partial charge on any atom is -0.353 e. The second-order valence-corrected chi connectivity index (χ2v) is 10.2. The molecule has 2 aliphatic heterocycles. The predicted octanol–water partition coefficient (Wildman–Crippen LogP) is 0.410. The van der Waals surface area contributed by atoms with Gasteiger partial charge in [0.25, 0.3) is 5.91 Å². The highest BCUT2D eigenvalue weighted by Gasteiger charge is 2.43. The van der Waals surface area contributed by atoms with Crippen LogP contribution in [0.3, 0.4) is 0 Å². The molecule has 3 heterocycles. The molecule has 2 saturated heterocycles. The third kappa shape index (κ3) is 4.44. The summed E-state index contributed by atoms with van der Waals surface area (Å²) in [4.78, 5) is 27.3. The molecule has 0 saturated carbocycles. The number of nitrogens with one attached hydrogen (secondary N) is 2. The number of likely N-dealkylation sites (tertiary alicyclic amines) is 1. The van der Waals surface area contributed by atoms with Gasteiger partial charge in [-0.3, -0.25) is 9.59 Å². The Morgan fingerprint density at radius 3 is 2.46 bits per heavy atom. The Morgan fingerprint density at radius 1 is 1.15 bits per heavy atom. The van der Waals surface area contributed by atoms with Crippen molar-refractivity contribution >= 4 is 33.0 Å². The zero-order valence-corrected chi connectivity index (χ0v) is 16.7. The summed E-state index contributed by atoms with van der Waals surface area (Å²) in [6.45, 7) is 3.65. The number of rotatable bonds is 4. The Balaban J connectivity index is 1.66. The van der Waals surface area contributed by atoms with E-state index in [1.165, 1.54) is 11.3 Å². The lowest BCUT2D eigenvalue weighted by Crippen LogP contribution is -2.50. The number of hydrogen-bond acceptors (Lipinski definition) is 6. The second-order valence-electron chi connectivity index (χ2n) is 7.32. The second kappa shape index (κ2) is 7.66. The van der Waals surface area contributed by atoms with Crippen LogP contribution in [0.2, 0.25) is 0 Å². The number of carbonyl (C=O) groups excluding carboxylic acids is 2. The van der Waals surface area contributed by atoms with Crippen LogP contribution in [0.15, 0.2) is 10.8 Å². The molecule has 2 fully saturated rings. The standard InChI is InChI=1S/C17H25N3O4S2/c1-11-7-25-8-13(11)16(21)19-15-10-26(23,24)9-14(15)17(22)18-12-3-5-20(2)6-4-12/h7-8,12,14-15H,3-6,9-10H2,1-2H3,(H,18,22)(H,19,21)/t14-,15-/m1/s1. The highest BCUT2D eigenvalue weighted by atomic mass is 32.2. The SMILES string of the molecule is Cc1cscc1C(=O)N[C@@H]1CS(=O)(=O)C[C@H]1C(=O)NC1CCN(C)CC1. The molecule has 7 nitrogen and oxygen atoms in total. The maximum absolute atomic E-state index is 12.7. The maximum atomic E-state index is 12.7. The van der Waals surface area contributed by atoms with Gasteiger partial charge in [-0.05, 0) is 50.8 Å². The normalized spacial score (nSPS) is 26.5. The molecule has 9 heteroatoms. The lowest BCUT2D eigenvalue weighted by atomic mass is 9.99. The zero-order chi connectivity index (χ0) is 18.9.